The fourth-order valence-electron chi connectivity index (χ4n) is 4.33. The highest BCUT2D eigenvalue weighted by Crippen LogP contribution is 2.24. The third kappa shape index (κ3) is 3.86. The average molecular weight is 396 g/mol. The molecule has 4 heteroatoms. The summed E-state index contributed by atoms with van der Waals surface area (Å²) in [5, 5.41) is 0. The maximum absolute atomic E-state index is 12.9. The van der Waals surface area contributed by atoms with Crippen LogP contribution >= 0.6 is 0 Å². The largest absolute Gasteiger partial charge is 0.342 e. The molecule has 0 bridgehead atoms. The van der Waals surface area contributed by atoms with Crippen molar-refractivity contribution < 1.29 is 4.79 Å². The van der Waals surface area contributed by atoms with Gasteiger partial charge in [-0.3, -0.25) is 4.79 Å². The highest BCUT2D eigenvalue weighted by atomic mass is 16.2. The van der Waals surface area contributed by atoms with E-state index in [1.54, 1.807) is 0 Å². The second-order valence-corrected chi connectivity index (χ2v) is 8.08. The van der Waals surface area contributed by atoms with Gasteiger partial charge in [0.15, 0.2) is 0 Å². The summed E-state index contributed by atoms with van der Waals surface area (Å²) < 4.78 is 0. The van der Waals surface area contributed by atoms with Gasteiger partial charge in [0.25, 0.3) is 5.91 Å². The fraction of sp³-hybridized carbons (Fsp3) is 0.231. The molecule has 1 aromatic heterocycles. The minimum atomic E-state index is 0.136. The minimum Gasteiger partial charge on any atom is -0.342 e. The second-order valence-electron chi connectivity index (χ2n) is 8.08. The number of aromatic amines is 1. The summed E-state index contributed by atoms with van der Waals surface area (Å²) in [5.41, 5.74) is 5.20. The van der Waals surface area contributed by atoms with Crippen LogP contribution in [0.3, 0.4) is 0 Å². The summed E-state index contributed by atoms with van der Waals surface area (Å²) in [6.07, 6.45) is 2.98. The van der Waals surface area contributed by atoms with Crippen molar-refractivity contribution in [1.29, 1.82) is 0 Å². The molecular weight excluding hydrogens is 370 g/mol. The second kappa shape index (κ2) is 8.15. The standard InChI is InChI=1S/C26H25N3O/c30-26(22-12-10-21(11-13-22)20-6-2-1-3-7-20)29-16-14-19(15-17-29)18-25-27-23-8-4-5-9-24(23)28-25/h1-13,19H,14-18H2,(H,27,28). The van der Waals surface area contributed by atoms with E-state index in [0.29, 0.717) is 5.92 Å². The molecule has 4 aromatic rings. The molecule has 1 aliphatic heterocycles. The van der Waals surface area contributed by atoms with Crippen LogP contribution in [-0.2, 0) is 6.42 Å². The van der Waals surface area contributed by atoms with Gasteiger partial charge in [-0.05, 0) is 54.2 Å². The normalized spacial score (nSPS) is 14.9. The van der Waals surface area contributed by atoms with E-state index in [9.17, 15) is 4.79 Å². The molecule has 1 amide bonds. The number of nitrogens with one attached hydrogen (secondary N) is 1. The van der Waals surface area contributed by atoms with Crippen molar-refractivity contribution in [2.75, 3.05) is 13.1 Å². The van der Waals surface area contributed by atoms with Gasteiger partial charge >= 0.3 is 0 Å². The SMILES string of the molecule is O=C(c1ccc(-c2ccccc2)cc1)N1CCC(Cc2nc3ccccc3[nH]2)CC1. The summed E-state index contributed by atoms with van der Waals surface area (Å²) in [6, 6.07) is 26.4. The Morgan fingerprint density at radius 3 is 2.27 bits per heavy atom. The molecule has 3 aromatic carbocycles. The Hall–Kier alpha value is -3.40. The summed E-state index contributed by atoms with van der Waals surface area (Å²) >= 11 is 0. The number of hydrogen-bond donors (Lipinski definition) is 1. The number of fused-ring (bicyclic) bond motifs is 1. The quantitative estimate of drug-likeness (QED) is 0.508. The van der Waals surface area contributed by atoms with Crippen LogP contribution in [0.5, 0.6) is 0 Å². The highest BCUT2D eigenvalue weighted by molar-refractivity contribution is 5.94. The van der Waals surface area contributed by atoms with Gasteiger partial charge in [-0.1, -0.05) is 54.6 Å². The number of carbonyl (C=O) groups excluding carboxylic acids is 1. The van der Waals surface area contributed by atoms with Crippen molar-refractivity contribution in [2.45, 2.75) is 19.3 Å². The van der Waals surface area contributed by atoms with Gasteiger partial charge in [0.05, 0.1) is 11.0 Å². The van der Waals surface area contributed by atoms with Crippen molar-refractivity contribution in [3.05, 3.63) is 90.3 Å². The molecule has 1 N–H and O–H groups in total. The molecule has 2 heterocycles. The number of para-hydroxylation sites is 2. The third-order valence-electron chi connectivity index (χ3n) is 6.06. The molecule has 5 rings (SSSR count). The Morgan fingerprint density at radius 2 is 1.53 bits per heavy atom. The molecule has 0 spiro atoms. The number of H-pyrrole nitrogens is 1. The van der Waals surface area contributed by atoms with E-state index in [1.807, 2.05) is 65.6 Å². The summed E-state index contributed by atoms with van der Waals surface area (Å²) in [5.74, 6) is 1.75. The molecule has 30 heavy (non-hydrogen) atoms. The summed E-state index contributed by atoms with van der Waals surface area (Å²) in [6.45, 7) is 1.62. The number of imidazole rings is 1. The van der Waals surface area contributed by atoms with E-state index in [4.69, 9.17) is 4.98 Å². The van der Waals surface area contributed by atoms with Crippen molar-refractivity contribution in [1.82, 2.24) is 14.9 Å². The van der Waals surface area contributed by atoms with Crippen LogP contribution in [0, 0.1) is 5.92 Å². The number of amides is 1. The van der Waals surface area contributed by atoms with Crippen LogP contribution in [0.15, 0.2) is 78.9 Å². The zero-order valence-electron chi connectivity index (χ0n) is 16.9. The number of hydrogen-bond acceptors (Lipinski definition) is 2. The first-order chi connectivity index (χ1) is 14.8. The Labute approximate surface area is 176 Å². The number of benzene rings is 3. The van der Waals surface area contributed by atoms with Crippen molar-refractivity contribution in [3.63, 3.8) is 0 Å². The Morgan fingerprint density at radius 1 is 0.867 bits per heavy atom. The lowest BCUT2D eigenvalue weighted by Gasteiger charge is -2.31. The number of likely N-dealkylation sites (tertiary alicyclic amines) is 1. The number of aromatic nitrogens is 2. The topological polar surface area (TPSA) is 49.0 Å². The lowest BCUT2D eigenvalue weighted by atomic mass is 9.93. The van der Waals surface area contributed by atoms with Crippen LogP contribution in [-0.4, -0.2) is 33.9 Å². The average Bonchev–Trinajstić information content (AvgIpc) is 3.22. The molecule has 0 saturated carbocycles. The van der Waals surface area contributed by atoms with Crippen molar-refractivity contribution in [3.8, 4) is 11.1 Å². The molecule has 1 aliphatic rings. The molecular formula is C26H25N3O. The summed E-state index contributed by atoms with van der Waals surface area (Å²) in [7, 11) is 0. The minimum absolute atomic E-state index is 0.136. The van der Waals surface area contributed by atoms with E-state index in [0.717, 1.165) is 60.3 Å². The van der Waals surface area contributed by atoms with Gasteiger partial charge in [0.2, 0.25) is 0 Å². The van der Waals surface area contributed by atoms with Crippen molar-refractivity contribution in [2.24, 2.45) is 5.92 Å². The first-order valence-electron chi connectivity index (χ1n) is 10.6. The van der Waals surface area contributed by atoms with Gasteiger partial charge in [0, 0.05) is 25.1 Å². The number of piperidine rings is 1. The maximum Gasteiger partial charge on any atom is 0.253 e. The zero-order valence-corrected chi connectivity index (χ0v) is 16.9. The molecule has 4 nitrogen and oxygen atoms in total. The van der Waals surface area contributed by atoms with Gasteiger partial charge in [-0.2, -0.15) is 0 Å². The van der Waals surface area contributed by atoms with E-state index in [1.165, 1.54) is 5.56 Å². The lowest BCUT2D eigenvalue weighted by molar-refractivity contribution is 0.0690. The van der Waals surface area contributed by atoms with Crippen LogP contribution < -0.4 is 0 Å². The first kappa shape index (κ1) is 18.6. The molecule has 0 atom stereocenters. The Kier molecular flexibility index (Phi) is 5.06. The lowest BCUT2D eigenvalue weighted by Crippen LogP contribution is -2.39. The zero-order chi connectivity index (χ0) is 20.3. The monoisotopic (exact) mass is 395 g/mol. The van der Waals surface area contributed by atoms with Crippen LogP contribution in [0.25, 0.3) is 22.2 Å². The molecule has 0 radical (unpaired) electrons. The van der Waals surface area contributed by atoms with E-state index in [2.05, 4.69) is 23.2 Å². The van der Waals surface area contributed by atoms with Crippen LogP contribution in [0.1, 0.15) is 29.0 Å². The van der Waals surface area contributed by atoms with E-state index >= 15 is 0 Å². The van der Waals surface area contributed by atoms with Crippen molar-refractivity contribution >= 4 is 16.9 Å². The fourth-order valence-corrected chi connectivity index (χ4v) is 4.33. The van der Waals surface area contributed by atoms with Gasteiger partial charge in [-0.15, -0.1) is 0 Å². The van der Waals surface area contributed by atoms with Gasteiger partial charge in [0.1, 0.15) is 5.82 Å². The predicted octanol–water partition coefficient (Wildman–Crippen LogP) is 5.32. The number of nitrogens with zero attached hydrogens (tertiary/aromatic N) is 2. The van der Waals surface area contributed by atoms with Crippen LogP contribution in [0.2, 0.25) is 0 Å². The Bertz CT molecular complexity index is 1110. The summed E-state index contributed by atoms with van der Waals surface area (Å²) in [4.78, 5) is 23.1. The number of rotatable bonds is 4. The van der Waals surface area contributed by atoms with Crippen LogP contribution in [0.4, 0.5) is 0 Å². The van der Waals surface area contributed by atoms with Gasteiger partial charge in [-0.25, -0.2) is 4.98 Å². The number of carbonyl (C=O) groups is 1. The first-order valence-corrected chi connectivity index (χ1v) is 10.6. The molecule has 0 aliphatic carbocycles. The van der Waals surface area contributed by atoms with E-state index in [-0.39, 0.29) is 5.91 Å². The third-order valence-corrected chi connectivity index (χ3v) is 6.06. The molecule has 1 fully saturated rings. The molecule has 0 unspecified atom stereocenters. The Balaban J connectivity index is 1.19. The van der Waals surface area contributed by atoms with E-state index < -0.39 is 0 Å². The van der Waals surface area contributed by atoms with Gasteiger partial charge < -0.3 is 9.88 Å². The highest BCUT2D eigenvalue weighted by Gasteiger charge is 2.24. The molecule has 1 saturated heterocycles. The predicted molar refractivity (Wildman–Crippen MR) is 120 cm³/mol. The smallest absolute Gasteiger partial charge is 0.253 e. The molecule has 150 valence electrons. The maximum atomic E-state index is 12.9.